The van der Waals surface area contributed by atoms with Crippen LogP contribution in [0.15, 0.2) is 66.9 Å². The van der Waals surface area contributed by atoms with E-state index in [-0.39, 0.29) is 6.03 Å². The smallest absolute Gasteiger partial charge is 0.321 e. The molecule has 39 heavy (non-hydrogen) atoms. The zero-order valence-corrected chi connectivity index (χ0v) is 22.2. The molecule has 2 aromatic carbocycles. The second-order valence-electron chi connectivity index (χ2n) is 9.43. The number of aryl methyl sites for hydroxylation is 1. The molecular weight excluding hydrogens is 494 g/mol. The normalized spacial score (nSPS) is 11.9. The van der Waals surface area contributed by atoms with E-state index in [0.29, 0.717) is 23.8 Å². The molecule has 0 saturated carbocycles. The Kier molecular flexibility index (Phi) is 7.76. The predicted molar refractivity (Wildman–Crippen MR) is 147 cm³/mol. The van der Waals surface area contributed by atoms with E-state index in [0.717, 1.165) is 47.4 Å². The van der Waals surface area contributed by atoms with Gasteiger partial charge in [-0.15, -0.1) is 5.10 Å². The van der Waals surface area contributed by atoms with Gasteiger partial charge in [-0.3, -0.25) is 4.98 Å². The molecule has 0 bridgehead atoms. The topological polar surface area (TPSA) is 127 Å². The Morgan fingerprint density at radius 3 is 2.67 bits per heavy atom. The van der Waals surface area contributed by atoms with Crippen LogP contribution in [-0.4, -0.2) is 60.2 Å². The van der Waals surface area contributed by atoms with Crippen molar-refractivity contribution in [3.63, 3.8) is 0 Å². The molecule has 11 nitrogen and oxygen atoms in total. The highest BCUT2D eigenvalue weighted by molar-refractivity contribution is 5.91. The molecule has 11 heteroatoms. The van der Waals surface area contributed by atoms with Gasteiger partial charge in [0.15, 0.2) is 5.82 Å². The van der Waals surface area contributed by atoms with Crippen LogP contribution in [0.1, 0.15) is 48.8 Å². The third-order valence-corrected chi connectivity index (χ3v) is 6.32. The Morgan fingerprint density at radius 1 is 1.13 bits per heavy atom. The van der Waals surface area contributed by atoms with Crippen molar-refractivity contribution in [2.24, 2.45) is 0 Å². The molecule has 0 radical (unpaired) electrons. The summed E-state index contributed by atoms with van der Waals surface area (Å²) in [5, 5.41) is 17.1. The summed E-state index contributed by atoms with van der Waals surface area (Å²) >= 11 is 0. The summed E-state index contributed by atoms with van der Waals surface area (Å²) in [6.07, 6.45) is 4.15. The fraction of sp³-hybridized carbons (Fsp3) is 0.286. The van der Waals surface area contributed by atoms with Crippen LogP contribution in [0.5, 0.6) is 5.75 Å². The van der Waals surface area contributed by atoms with Gasteiger partial charge in [0.25, 0.3) is 0 Å². The summed E-state index contributed by atoms with van der Waals surface area (Å²) in [5.41, 5.74) is 4.41. The standard InChI is InChI=1S/C28H31N9O2/c1-4-5-9-25-31-22-15-12-20(30-28(38)36(2)3)17-24(22)37(25)18-19-10-13-21(14-11-19)39-26(27-32-34-35-33-27)23-8-6-7-16-29-23/h6-8,10-17,26H,4-5,9,18H2,1-3H3,(H,30,38)(H,32,33,34,35). The number of fused-ring (bicyclic) bond motifs is 1. The number of ether oxygens (including phenoxy) is 1. The number of urea groups is 1. The molecule has 3 aromatic heterocycles. The molecule has 200 valence electrons. The van der Waals surface area contributed by atoms with Crippen LogP contribution in [0, 0.1) is 0 Å². The number of H-pyrrole nitrogens is 1. The Morgan fingerprint density at radius 2 is 1.97 bits per heavy atom. The summed E-state index contributed by atoms with van der Waals surface area (Å²) in [5.74, 6) is 2.16. The molecular formula is C28H31N9O2. The van der Waals surface area contributed by atoms with Crippen LogP contribution < -0.4 is 10.1 Å². The lowest BCUT2D eigenvalue weighted by molar-refractivity contribution is 0.230. The van der Waals surface area contributed by atoms with E-state index >= 15 is 0 Å². The summed E-state index contributed by atoms with van der Waals surface area (Å²) in [6.45, 7) is 2.81. The number of hydrogen-bond donors (Lipinski definition) is 2. The highest BCUT2D eigenvalue weighted by Gasteiger charge is 2.21. The van der Waals surface area contributed by atoms with Crippen molar-refractivity contribution in [3.8, 4) is 5.75 Å². The Balaban J connectivity index is 1.40. The zero-order valence-electron chi connectivity index (χ0n) is 22.2. The highest BCUT2D eigenvalue weighted by atomic mass is 16.5. The quantitative estimate of drug-likeness (QED) is 0.273. The van der Waals surface area contributed by atoms with E-state index in [1.165, 1.54) is 4.90 Å². The van der Waals surface area contributed by atoms with Crippen molar-refractivity contribution in [2.75, 3.05) is 19.4 Å². The Bertz CT molecular complexity index is 1510. The van der Waals surface area contributed by atoms with Crippen molar-refractivity contribution in [3.05, 3.63) is 89.8 Å². The molecule has 5 aromatic rings. The monoisotopic (exact) mass is 525 g/mol. The molecule has 0 aliphatic carbocycles. The van der Waals surface area contributed by atoms with Gasteiger partial charge in [-0.2, -0.15) is 0 Å². The first-order valence-corrected chi connectivity index (χ1v) is 12.9. The van der Waals surface area contributed by atoms with Crippen molar-refractivity contribution >= 4 is 22.8 Å². The first kappa shape index (κ1) is 25.8. The Labute approximate surface area is 226 Å². The number of aromatic nitrogens is 7. The fourth-order valence-corrected chi connectivity index (χ4v) is 4.24. The number of nitrogens with zero attached hydrogens (tertiary/aromatic N) is 7. The van der Waals surface area contributed by atoms with E-state index in [1.54, 1.807) is 20.3 Å². The van der Waals surface area contributed by atoms with Gasteiger partial charge in [-0.25, -0.2) is 14.9 Å². The average Bonchev–Trinajstić information content (AvgIpc) is 3.60. The molecule has 3 heterocycles. The third kappa shape index (κ3) is 6.03. The summed E-state index contributed by atoms with van der Waals surface area (Å²) < 4.78 is 8.48. The fourth-order valence-electron chi connectivity index (χ4n) is 4.24. The number of aromatic amines is 1. The largest absolute Gasteiger partial charge is 0.476 e. The van der Waals surface area contributed by atoms with E-state index in [9.17, 15) is 4.79 Å². The first-order valence-electron chi connectivity index (χ1n) is 12.9. The number of benzene rings is 2. The van der Waals surface area contributed by atoms with E-state index in [2.05, 4.69) is 42.4 Å². The molecule has 0 saturated heterocycles. The second kappa shape index (κ2) is 11.7. The molecule has 2 N–H and O–H groups in total. The van der Waals surface area contributed by atoms with Gasteiger partial charge in [-0.05, 0) is 64.9 Å². The van der Waals surface area contributed by atoms with E-state index in [4.69, 9.17) is 9.72 Å². The lowest BCUT2D eigenvalue weighted by atomic mass is 10.2. The minimum Gasteiger partial charge on any atom is -0.476 e. The summed E-state index contributed by atoms with van der Waals surface area (Å²) in [7, 11) is 3.44. The maximum absolute atomic E-state index is 12.2. The number of hydrogen-bond acceptors (Lipinski definition) is 7. The number of rotatable bonds is 10. The van der Waals surface area contributed by atoms with Gasteiger partial charge in [0.1, 0.15) is 11.6 Å². The van der Waals surface area contributed by atoms with Gasteiger partial charge in [0, 0.05) is 38.9 Å². The molecule has 0 spiro atoms. The number of amides is 2. The lowest BCUT2D eigenvalue weighted by Gasteiger charge is -2.16. The number of tetrazole rings is 1. The van der Waals surface area contributed by atoms with Crippen LogP contribution in [-0.2, 0) is 13.0 Å². The maximum Gasteiger partial charge on any atom is 0.321 e. The van der Waals surface area contributed by atoms with E-state index < -0.39 is 6.10 Å². The number of carbonyl (C=O) groups is 1. The van der Waals surface area contributed by atoms with Gasteiger partial charge in [-0.1, -0.05) is 31.5 Å². The lowest BCUT2D eigenvalue weighted by Crippen LogP contribution is -2.27. The molecule has 2 amide bonds. The number of anilines is 1. The van der Waals surface area contributed by atoms with Gasteiger partial charge >= 0.3 is 6.03 Å². The molecule has 0 aliphatic rings. The van der Waals surface area contributed by atoms with Crippen LogP contribution in [0.2, 0.25) is 0 Å². The van der Waals surface area contributed by atoms with Crippen LogP contribution in [0.3, 0.4) is 0 Å². The Hall–Kier alpha value is -4.80. The molecule has 0 aliphatic heterocycles. The number of carbonyl (C=O) groups excluding carboxylic acids is 1. The number of imidazole rings is 1. The van der Waals surface area contributed by atoms with Gasteiger partial charge in [0.2, 0.25) is 6.10 Å². The summed E-state index contributed by atoms with van der Waals surface area (Å²) in [4.78, 5) is 23.0. The van der Waals surface area contributed by atoms with Crippen molar-refractivity contribution < 1.29 is 9.53 Å². The average molecular weight is 526 g/mol. The van der Waals surface area contributed by atoms with Crippen molar-refractivity contribution in [1.29, 1.82) is 0 Å². The molecule has 5 rings (SSSR count). The van der Waals surface area contributed by atoms with Crippen molar-refractivity contribution in [2.45, 2.75) is 38.8 Å². The number of unbranched alkanes of at least 4 members (excludes halogenated alkanes) is 1. The predicted octanol–water partition coefficient (Wildman–Crippen LogP) is 4.60. The van der Waals surface area contributed by atoms with Crippen molar-refractivity contribution in [1.82, 2.24) is 40.1 Å². The SMILES string of the molecule is CCCCc1nc2ccc(NC(=O)N(C)C)cc2n1Cc1ccc(OC(c2ccccn2)c2nnn[nH]2)cc1. The summed E-state index contributed by atoms with van der Waals surface area (Å²) in [6, 6.07) is 19.2. The van der Waals surface area contributed by atoms with Gasteiger partial charge in [0.05, 0.1) is 16.7 Å². The van der Waals surface area contributed by atoms with Crippen LogP contribution in [0.4, 0.5) is 10.5 Å². The second-order valence-corrected chi connectivity index (χ2v) is 9.43. The highest BCUT2D eigenvalue weighted by Crippen LogP contribution is 2.27. The first-order chi connectivity index (χ1) is 19.0. The number of nitrogens with one attached hydrogen (secondary N) is 2. The molecule has 0 fully saturated rings. The number of pyridine rings is 1. The van der Waals surface area contributed by atoms with E-state index in [1.807, 2.05) is 60.7 Å². The third-order valence-electron chi connectivity index (χ3n) is 6.32. The van der Waals surface area contributed by atoms with Crippen LogP contribution in [0.25, 0.3) is 11.0 Å². The minimum atomic E-state index is -0.568. The molecule has 1 atom stereocenters. The van der Waals surface area contributed by atoms with Crippen LogP contribution >= 0.6 is 0 Å². The maximum atomic E-state index is 12.2. The molecule has 1 unspecified atom stereocenters. The zero-order chi connectivity index (χ0) is 27.2. The van der Waals surface area contributed by atoms with Gasteiger partial charge < -0.3 is 19.5 Å². The minimum absolute atomic E-state index is 0.174.